The number of rotatable bonds is 4. The second kappa shape index (κ2) is 5.64. The molecule has 1 fully saturated rings. The molecule has 0 amide bonds. The van der Waals surface area contributed by atoms with Crippen LogP contribution < -0.4 is 4.90 Å². The maximum absolute atomic E-state index is 4.61. The fourth-order valence-electron chi connectivity index (χ4n) is 3.43. The Kier molecular flexibility index (Phi) is 3.48. The molecule has 0 bridgehead atoms. The van der Waals surface area contributed by atoms with Gasteiger partial charge in [0.15, 0.2) is 0 Å². The molecule has 4 heterocycles. The van der Waals surface area contributed by atoms with Crippen molar-refractivity contribution in [2.24, 2.45) is 7.05 Å². The molecule has 7 nitrogen and oxygen atoms in total. The lowest BCUT2D eigenvalue weighted by atomic mass is 10.1. The quantitative estimate of drug-likeness (QED) is 0.739. The number of fused-ring (bicyclic) bond motifs is 1. The topological polar surface area (TPSA) is 64.1 Å². The molecule has 0 unspecified atom stereocenters. The summed E-state index contributed by atoms with van der Waals surface area (Å²) in [6.45, 7) is 3.19. The minimum atomic E-state index is 0.341. The molecule has 1 aliphatic heterocycles. The largest absolute Gasteiger partial charge is 0.349 e. The lowest BCUT2D eigenvalue weighted by Gasteiger charge is -2.26. The number of nitrogens with zero attached hydrogens (tertiary/aromatic N) is 7. The smallest absolute Gasteiger partial charge is 0.254 e. The summed E-state index contributed by atoms with van der Waals surface area (Å²) >= 11 is 0. The monoisotopic (exact) mass is 311 g/mol. The van der Waals surface area contributed by atoms with Crippen LogP contribution in [0.2, 0.25) is 0 Å². The molecule has 0 aliphatic carbocycles. The van der Waals surface area contributed by atoms with Crippen LogP contribution in [0.25, 0.3) is 5.78 Å². The first-order valence-electron chi connectivity index (χ1n) is 8.21. The highest BCUT2D eigenvalue weighted by Crippen LogP contribution is 2.36. The van der Waals surface area contributed by atoms with E-state index in [4.69, 9.17) is 0 Å². The summed E-state index contributed by atoms with van der Waals surface area (Å²) in [5.74, 6) is 1.77. The zero-order valence-electron chi connectivity index (χ0n) is 13.6. The van der Waals surface area contributed by atoms with Crippen LogP contribution in [-0.2, 0) is 13.5 Å². The molecule has 120 valence electrons. The van der Waals surface area contributed by atoms with Gasteiger partial charge in [0.2, 0.25) is 0 Å². The van der Waals surface area contributed by atoms with Gasteiger partial charge in [-0.1, -0.05) is 13.3 Å². The SMILES string of the molecule is CCCc1cc(N2CCC[C@H]2c2cnn(C)c2)n2ncnc2n1. The van der Waals surface area contributed by atoms with Crippen LogP contribution in [0, 0.1) is 0 Å². The summed E-state index contributed by atoms with van der Waals surface area (Å²) in [7, 11) is 1.96. The summed E-state index contributed by atoms with van der Waals surface area (Å²) in [6.07, 6.45) is 9.99. The molecule has 1 atom stereocenters. The molecule has 1 saturated heterocycles. The molecule has 0 aromatic carbocycles. The Bertz CT molecular complexity index is 819. The molecule has 23 heavy (non-hydrogen) atoms. The van der Waals surface area contributed by atoms with Crippen molar-refractivity contribution < 1.29 is 0 Å². The number of anilines is 1. The molecule has 0 N–H and O–H groups in total. The van der Waals surface area contributed by atoms with E-state index in [0.29, 0.717) is 11.8 Å². The Hall–Kier alpha value is -2.44. The van der Waals surface area contributed by atoms with E-state index in [1.165, 1.54) is 12.0 Å². The molecule has 1 aliphatic rings. The van der Waals surface area contributed by atoms with E-state index in [1.807, 2.05) is 22.4 Å². The van der Waals surface area contributed by atoms with Gasteiger partial charge in [0, 0.05) is 37.1 Å². The van der Waals surface area contributed by atoms with Crippen LogP contribution in [-0.4, -0.2) is 35.9 Å². The fourth-order valence-corrected chi connectivity index (χ4v) is 3.43. The highest BCUT2D eigenvalue weighted by molar-refractivity contribution is 5.50. The van der Waals surface area contributed by atoms with Crippen LogP contribution >= 0.6 is 0 Å². The van der Waals surface area contributed by atoms with Crippen molar-refractivity contribution in [2.45, 2.75) is 38.6 Å². The Morgan fingerprint density at radius 2 is 2.22 bits per heavy atom. The van der Waals surface area contributed by atoms with Gasteiger partial charge in [-0.3, -0.25) is 4.68 Å². The highest BCUT2D eigenvalue weighted by atomic mass is 15.4. The van der Waals surface area contributed by atoms with Gasteiger partial charge in [-0.2, -0.15) is 19.7 Å². The van der Waals surface area contributed by atoms with Crippen molar-refractivity contribution >= 4 is 11.6 Å². The molecule has 3 aromatic rings. The first-order valence-corrected chi connectivity index (χ1v) is 8.21. The summed E-state index contributed by atoms with van der Waals surface area (Å²) in [6, 6.07) is 2.51. The Morgan fingerprint density at radius 3 is 3.00 bits per heavy atom. The van der Waals surface area contributed by atoms with E-state index in [9.17, 15) is 0 Å². The average Bonchev–Trinajstić information content (AvgIpc) is 3.25. The highest BCUT2D eigenvalue weighted by Gasteiger charge is 2.29. The van der Waals surface area contributed by atoms with Crippen LogP contribution in [0.5, 0.6) is 0 Å². The zero-order valence-corrected chi connectivity index (χ0v) is 13.6. The minimum absolute atomic E-state index is 0.341. The number of aryl methyl sites for hydroxylation is 2. The van der Waals surface area contributed by atoms with E-state index in [-0.39, 0.29) is 0 Å². The first-order chi connectivity index (χ1) is 11.3. The normalized spacial score (nSPS) is 18.2. The molecular weight excluding hydrogens is 290 g/mol. The standard InChI is InChI=1S/C16H21N7/c1-3-5-13-8-15(23-16(20-13)17-11-19-23)22-7-4-6-14(22)12-9-18-21(2)10-12/h8-11,14H,3-7H2,1-2H3/t14-/m0/s1. The van der Waals surface area contributed by atoms with Crippen molar-refractivity contribution in [3.63, 3.8) is 0 Å². The second-order valence-corrected chi connectivity index (χ2v) is 6.13. The third-order valence-corrected chi connectivity index (χ3v) is 4.45. The lowest BCUT2D eigenvalue weighted by molar-refractivity contribution is 0.693. The van der Waals surface area contributed by atoms with Crippen LogP contribution in [0.4, 0.5) is 5.82 Å². The number of hydrogen-bond acceptors (Lipinski definition) is 5. The van der Waals surface area contributed by atoms with Crippen molar-refractivity contribution in [1.29, 1.82) is 0 Å². The first kappa shape index (κ1) is 14.2. The van der Waals surface area contributed by atoms with Crippen molar-refractivity contribution in [3.05, 3.63) is 36.0 Å². The van der Waals surface area contributed by atoms with Gasteiger partial charge >= 0.3 is 0 Å². The van der Waals surface area contributed by atoms with Crippen molar-refractivity contribution in [3.8, 4) is 0 Å². The van der Waals surface area contributed by atoms with Crippen molar-refractivity contribution in [1.82, 2.24) is 29.4 Å². The molecular formula is C16H21N7. The summed E-state index contributed by atoms with van der Waals surface area (Å²) in [4.78, 5) is 11.3. The van der Waals surface area contributed by atoms with E-state index < -0.39 is 0 Å². The average molecular weight is 311 g/mol. The van der Waals surface area contributed by atoms with E-state index in [2.05, 4.69) is 44.3 Å². The van der Waals surface area contributed by atoms with Crippen LogP contribution in [0.15, 0.2) is 24.8 Å². The van der Waals surface area contributed by atoms with E-state index in [1.54, 1.807) is 6.33 Å². The fraction of sp³-hybridized carbons (Fsp3) is 0.500. The molecule has 4 rings (SSSR count). The minimum Gasteiger partial charge on any atom is -0.349 e. The summed E-state index contributed by atoms with van der Waals surface area (Å²) in [5.41, 5.74) is 2.34. The van der Waals surface area contributed by atoms with Crippen LogP contribution in [0.3, 0.4) is 0 Å². The van der Waals surface area contributed by atoms with Gasteiger partial charge < -0.3 is 4.90 Å². The zero-order chi connectivity index (χ0) is 15.8. The maximum Gasteiger partial charge on any atom is 0.254 e. The molecule has 7 heteroatoms. The number of aromatic nitrogens is 6. The van der Waals surface area contributed by atoms with Gasteiger partial charge in [0.25, 0.3) is 5.78 Å². The van der Waals surface area contributed by atoms with Gasteiger partial charge in [-0.15, -0.1) is 0 Å². The maximum atomic E-state index is 4.61. The van der Waals surface area contributed by atoms with Gasteiger partial charge in [-0.25, -0.2) is 4.98 Å². The predicted octanol–water partition coefficient (Wildman–Crippen LogP) is 2.15. The van der Waals surface area contributed by atoms with Gasteiger partial charge in [-0.05, 0) is 19.3 Å². The number of hydrogen-bond donors (Lipinski definition) is 0. The summed E-state index contributed by atoms with van der Waals surface area (Å²) in [5, 5.41) is 8.71. The van der Waals surface area contributed by atoms with E-state index in [0.717, 1.165) is 37.3 Å². The van der Waals surface area contributed by atoms with Gasteiger partial charge in [0.1, 0.15) is 12.1 Å². The van der Waals surface area contributed by atoms with Crippen LogP contribution in [0.1, 0.15) is 43.5 Å². The molecule has 0 spiro atoms. The second-order valence-electron chi connectivity index (χ2n) is 6.13. The third-order valence-electron chi connectivity index (χ3n) is 4.45. The predicted molar refractivity (Wildman–Crippen MR) is 87.3 cm³/mol. The molecule has 0 saturated carbocycles. The van der Waals surface area contributed by atoms with Crippen molar-refractivity contribution in [2.75, 3.05) is 11.4 Å². The Labute approximate surface area is 135 Å². The molecule has 3 aromatic heterocycles. The Balaban J connectivity index is 1.79. The third kappa shape index (κ3) is 2.46. The van der Waals surface area contributed by atoms with E-state index >= 15 is 0 Å². The molecule has 0 radical (unpaired) electrons. The van der Waals surface area contributed by atoms with Gasteiger partial charge in [0.05, 0.1) is 12.2 Å². The summed E-state index contributed by atoms with van der Waals surface area (Å²) < 4.78 is 3.72. The Morgan fingerprint density at radius 1 is 1.30 bits per heavy atom. The lowest BCUT2D eigenvalue weighted by Crippen LogP contribution is -2.25.